The Kier molecular flexibility index (Phi) is 8.71. The van der Waals surface area contributed by atoms with Crippen LogP contribution in [0.2, 0.25) is 0 Å². The van der Waals surface area contributed by atoms with E-state index in [1.165, 1.54) is 11.3 Å². The third-order valence-corrected chi connectivity index (χ3v) is 5.29. The van der Waals surface area contributed by atoms with Crippen LogP contribution in [0.5, 0.6) is 5.75 Å². The molecule has 0 aromatic carbocycles. The molecule has 2 rings (SSSR count). The van der Waals surface area contributed by atoms with Crippen molar-refractivity contribution in [1.29, 1.82) is 0 Å². The fraction of sp³-hybridized carbons (Fsp3) is 0.643. The highest BCUT2D eigenvalue weighted by Gasteiger charge is 2.25. The summed E-state index contributed by atoms with van der Waals surface area (Å²) in [4.78, 5) is 15.0. The van der Waals surface area contributed by atoms with E-state index in [0.29, 0.717) is 23.8 Å². The SMILES string of the molecule is COc1cc(C(=O)N2CCC(OCCCN)CC2)sc1Br.Cl. The largest absolute Gasteiger partial charge is 0.495 e. The molecule has 1 aliphatic rings. The van der Waals surface area contributed by atoms with Crippen LogP contribution >= 0.6 is 39.7 Å². The molecule has 2 heterocycles. The van der Waals surface area contributed by atoms with Crippen LogP contribution in [0.25, 0.3) is 0 Å². The third-order valence-electron chi connectivity index (χ3n) is 3.52. The highest BCUT2D eigenvalue weighted by Crippen LogP contribution is 2.35. The normalized spacial score (nSPS) is 15.5. The summed E-state index contributed by atoms with van der Waals surface area (Å²) < 4.78 is 11.8. The van der Waals surface area contributed by atoms with Crippen LogP contribution in [0.3, 0.4) is 0 Å². The molecular formula is C14H22BrClN2O3S. The van der Waals surface area contributed by atoms with Crippen LogP contribution in [0.15, 0.2) is 9.85 Å². The van der Waals surface area contributed by atoms with Gasteiger partial charge in [-0.1, -0.05) is 0 Å². The van der Waals surface area contributed by atoms with E-state index in [-0.39, 0.29) is 24.4 Å². The second kappa shape index (κ2) is 9.72. The standard InChI is InChI=1S/C14H21BrN2O3S.ClH/c1-19-11-9-12(21-13(11)15)14(18)17-6-3-10(4-7-17)20-8-2-5-16;/h9-10H,2-8,16H2,1H3;1H. The molecule has 1 saturated heterocycles. The minimum absolute atomic E-state index is 0. The zero-order chi connectivity index (χ0) is 15.2. The molecule has 0 spiro atoms. The quantitative estimate of drug-likeness (QED) is 0.728. The van der Waals surface area contributed by atoms with E-state index < -0.39 is 0 Å². The van der Waals surface area contributed by atoms with Gasteiger partial charge in [-0.15, -0.1) is 23.7 Å². The van der Waals surface area contributed by atoms with Crippen molar-refractivity contribution in [2.75, 3.05) is 33.4 Å². The van der Waals surface area contributed by atoms with Gasteiger partial charge in [0, 0.05) is 25.8 Å². The van der Waals surface area contributed by atoms with Gasteiger partial charge in [0.2, 0.25) is 0 Å². The summed E-state index contributed by atoms with van der Waals surface area (Å²) in [7, 11) is 1.60. The molecule has 0 unspecified atom stereocenters. The first kappa shape index (κ1) is 19.7. The van der Waals surface area contributed by atoms with E-state index in [4.69, 9.17) is 15.2 Å². The number of hydrogen-bond donors (Lipinski definition) is 1. The predicted octanol–water partition coefficient (Wildman–Crippen LogP) is 2.91. The number of hydrogen-bond acceptors (Lipinski definition) is 5. The molecule has 0 radical (unpaired) electrons. The lowest BCUT2D eigenvalue weighted by atomic mass is 10.1. The van der Waals surface area contributed by atoms with Crippen LogP contribution in [0.4, 0.5) is 0 Å². The van der Waals surface area contributed by atoms with Gasteiger partial charge in [-0.05, 0) is 41.7 Å². The molecule has 1 fully saturated rings. The summed E-state index contributed by atoms with van der Waals surface area (Å²) in [5, 5.41) is 0. The fourth-order valence-electron chi connectivity index (χ4n) is 2.31. The average Bonchev–Trinajstić information content (AvgIpc) is 2.88. The smallest absolute Gasteiger partial charge is 0.264 e. The number of likely N-dealkylation sites (tertiary alicyclic amines) is 1. The second-order valence-corrected chi connectivity index (χ2v) is 7.33. The zero-order valence-corrected chi connectivity index (χ0v) is 15.8. The molecule has 1 aromatic heterocycles. The molecular weight excluding hydrogens is 392 g/mol. The van der Waals surface area contributed by atoms with Gasteiger partial charge in [-0.2, -0.15) is 0 Å². The van der Waals surface area contributed by atoms with E-state index in [1.54, 1.807) is 13.2 Å². The molecule has 2 N–H and O–H groups in total. The molecule has 5 nitrogen and oxygen atoms in total. The van der Waals surface area contributed by atoms with Gasteiger partial charge in [-0.3, -0.25) is 4.79 Å². The van der Waals surface area contributed by atoms with Crippen molar-refractivity contribution in [3.8, 4) is 5.75 Å². The third kappa shape index (κ3) is 5.09. The summed E-state index contributed by atoms with van der Waals surface area (Å²) in [5.74, 6) is 0.785. The number of methoxy groups -OCH3 is 1. The van der Waals surface area contributed by atoms with Crippen molar-refractivity contribution in [3.05, 3.63) is 14.7 Å². The molecule has 1 amide bonds. The molecule has 22 heavy (non-hydrogen) atoms. The van der Waals surface area contributed by atoms with Crippen molar-refractivity contribution in [2.24, 2.45) is 5.73 Å². The zero-order valence-electron chi connectivity index (χ0n) is 12.5. The molecule has 0 bridgehead atoms. The maximum Gasteiger partial charge on any atom is 0.264 e. The number of carbonyl (C=O) groups excluding carboxylic acids is 1. The van der Waals surface area contributed by atoms with Gasteiger partial charge in [0.25, 0.3) is 5.91 Å². The molecule has 1 aliphatic heterocycles. The number of rotatable bonds is 6. The van der Waals surface area contributed by atoms with E-state index in [0.717, 1.165) is 36.1 Å². The van der Waals surface area contributed by atoms with Gasteiger partial charge in [0.1, 0.15) is 9.54 Å². The first-order valence-electron chi connectivity index (χ1n) is 7.10. The van der Waals surface area contributed by atoms with Crippen molar-refractivity contribution in [1.82, 2.24) is 4.90 Å². The number of ether oxygens (including phenoxy) is 2. The van der Waals surface area contributed by atoms with Crippen molar-refractivity contribution >= 4 is 45.6 Å². The fourth-order valence-corrected chi connectivity index (χ4v) is 3.93. The first-order chi connectivity index (χ1) is 10.2. The molecule has 1 aromatic rings. The minimum atomic E-state index is 0. The lowest BCUT2D eigenvalue weighted by Crippen LogP contribution is -2.40. The summed E-state index contributed by atoms with van der Waals surface area (Å²) in [6, 6.07) is 1.79. The van der Waals surface area contributed by atoms with Crippen molar-refractivity contribution in [3.63, 3.8) is 0 Å². The van der Waals surface area contributed by atoms with Gasteiger partial charge in [0.15, 0.2) is 0 Å². The lowest BCUT2D eigenvalue weighted by molar-refractivity contribution is 0.00857. The Bertz CT molecular complexity index is 479. The number of thiophene rings is 1. The van der Waals surface area contributed by atoms with E-state index in [2.05, 4.69) is 15.9 Å². The molecule has 126 valence electrons. The molecule has 0 atom stereocenters. The maximum absolute atomic E-state index is 12.5. The van der Waals surface area contributed by atoms with Crippen molar-refractivity contribution in [2.45, 2.75) is 25.4 Å². The van der Waals surface area contributed by atoms with Gasteiger partial charge >= 0.3 is 0 Å². The number of amides is 1. The molecule has 0 saturated carbocycles. The van der Waals surface area contributed by atoms with Crippen molar-refractivity contribution < 1.29 is 14.3 Å². The number of carbonyl (C=O) groups is 1. The van der Waals surface area contributed by atoms with Crippen LogP contribution in [0, 0.1) is 0 Å². The Balaban J connectivity index is 0.00000242. The molecule has 0 aliphatic carbocycles. The number of nitrogens with zero attached hydrogens (tertiary/aromatic N) is 1. The lowest BCUT2D eigenvalue weighted by Gasteiger charge is -2.31. The summed E-state index contributed by atoms with van der Waals surface area (Å²) in [6.45, 7) is 2.85. The van der Waals surface area contributed by atoms with E-state index in [1.807, 2.05) is 4.90 Å². The highest BCUT2D eigenvalue weighted by molar-refractivity contribution is 9.11. The van der Waals surface area contributed by atoms with Crippen LogP contribution in [-0.4, -0.2) is 50.3 Å². The summed E-state index contributed by atoms with van der Waals surface area (Å²) >= 11 is 4.82. The molecule has 8 heteroatoms. The van der Waals surface area contributed by atoms with E-state index in [9.17, 15) is 4.79 Å². The maximum atomic E-state index is 12.5. The highest BCUT2D eigenvalue weighted by atomic mass is 79.9. The van der Waals surface area contributed by atoms with Crippen LogP contribution in [0.1, 0.15) is 28.9 Å². The number of piperidine rings is 1. The van der Waals surface area contributed by atoms with Gasteiger partial charge in [-0.25, -0.2) is 0 Å². The predicted molar refractivity (Wildman–Crippen MR) is 94.4 cm³/mol. The summed E-state index contributed by atoms with van der Waals surface area (Å²) in [5.41, 5.74) is 5.45. The Morgan fingerprint density at radius 3 is 2.73 bits per heavy atom. The Hall–Kier alpha value is -0.340. The topological polar surface area (TPSA) is 64.8 Å². The summed E-state index contributed by atoms with van der Waals surface area (Å²) in [6.07, 6.45) is 2.92. The Morgan fingerprint density at radius 1 is 1.50 bits per heavy atom. The number of halogens is 2. The van der Waals surface area contributed by atoms with Gasteiger partial charge < -0.3 is 20.1 Å². The average molecular weight is 414 g/mol. The Labute approximate surface area is 149 Å². The van der Waals surface area contributed by atoms with E-state index >= 15 is 0 Å². The van der Waals surface area contributed by atoms with Crippen LogP contribution < -0.4 is 10.5 Å². The number of nitrogens with two attached hydrogens (primary N) is 1. The first-order valence-corrected chi connectivity index (χ1v) is 8.71. The monoisotopic (exact) mass is 412 g/mol. The minimum Gasteiger partial charge on any atom is -0.495 e. The van der Waals surface area contributed by atoms with Crippen LogP contribution in [-0.2, 0) is 4.74 Å². The van der Waals surface area contributed by atoms with Gasteiger partial charge in [0.05, 0.1) is 18.1 Å². The Morgan fingerprint density at radius 2 is 2.18 bits per heavy atom. The second-order valence-electron chi connectivity index (χ2n) is 4.96.